The number of rotatable bonds is 2. The number of urea groups is 1. The minimum Gasteiger partial charge on any atom is -0.367 e. The molecule has 8 nitrogen and oxygen atoms in total. The van der Waals surface area contributed by atoms with Gasteiger partial charge in [0.15, 0.2) is 5.41 Å². The molecule has 1 spiro atoms. The van der Waals surface area contributed by atoms with Crippen LogP contribution in [0.3, 0.4) is 0 Å². The average Bonchev–Trinajstić information content (AvgIpc) is 3.31. The maximum atomic E-state index is 13.5. The summed E-state index contributed by atoms with van der Waals surface area (Å²) in [5.41, 5.74) is 2.59. The number of fused-ring (bicyclic) bond motifs is 4. The van der Waals surface area contributed by atoms with Crippen molar-refractivity contribution in [3.05, 3.63) is 59.2 Å². The van der Waals surface area contributed by atoms with E-state index in [0.29, 0.717) is 17.7 Å². The molecule has 0 aromatic heterocycles. The Morgan fingerprint density at radius 2 is 1.76 bits per heavy atom. The second kappa shape index (κ2) is 7.43. The zero-order valence-electron chi connectivity index (χ0n) is 18.9. The summed E-state index contributed by atoms with van der Waals surface area (Å²) < 4.78 is 0. The monoisotopic (exact) mass is 446 g/mol. The van der Waals surface area contributed by atoms with Gasteiger partial charge in [-0.1, -0.05) is 17.7 Å². The first-order chi connectivity index (χ1) is 15.7. The Labute approximate surface area is 192 Å². The van der Waals surface area contributed by atoms with E-state index in [1.807, 2.05) is 43.3 Å². The van der Waals surface area contributed by atoms with Crippen LogP contribution in [0.1, 0.15) is 34.3 Å². The van der Waals surface area contributed by atoms with Gasteiger partial charge in [-0.3, -0.25) is 24.2 Å². The predicted molar refractivity (Wildman–Crippen MR) is 123 cm³/mol. The molecule has 0 bridgehead atoms. The number of imide groups is 2. The molecule has 170 valence electrons. The molecule has 2 fully saturated rings. The Balaban J connectivity index is 1.53. The van der Waals surface area contributed by atoms with Crippen LogP contribution < -0.4 is 10.2 Å². The lowest BCUT2D eigenvalue weighted by atomic mass is 9.68. The molecule has 2 saturated heterocycles. The Hall–Kier alpha value is -3.68. The fraction of sp³-hybridized carbons (Fsp3) is 0.360. The summed E-state index contributed by atoms with van der Waals surface area (Å²) in [5, 5.41) is 2.93. The van der Waals surface area contributed by atoms with Crippen molar-refractivity contribution in [2.24, 2.45) is 5.41 Å². The molecule has 3 aliphatic heterocycles. The van der Waals surface area contributed by atoms with E-state index in [1.165, 1.54) is 14.1 Å². The number of carbonyl (C=O) groups is 4. The molecule has 0 radical (unpaired) electrons. The molecular weight excluding hydrogens is 420 g/mol. The third kappa shape index (κ3) is 3.04. The minimum atomic E-state index is -1.35. The molecule has 0 saturated carbocycles. The van der Waals surface area contributed by atoms with Crippen LogP contribution in [0.5, 0.6) is 0 Å². The van der Waals surface area contributed by atoms with E-state index >= 15 is 0 Å². The van der Waals surface area contributed by atoms with Gasteiger partial charge < -0.3 is 10.2 Å². The van der Waals surface area contributed by atoms with E-state index in [1.54, 1.807) is 6.07 Å². The van der Waals surface area contributed by atoms with E-state index in [0.717, 1.165) is 39.6 Å². The van der Waals surface area contributed by atoms with Crippen LogP contribution in [0.4, 0.5) is 16.2 Å². The molecule has 2 aromatic rings. The summed E-state index contributed by atoms with van der Waals surface area (Å²) in [6.07, 6.45) is 1.76. The summed E-state index contributed by atoms with van der Waals surface area (Å²) in [6, 6.07) is 12.1. The normalized spacial score (nSPS) is 21.4. The second-order valence-corrected chi connectivity index (χ2v) is 9.18. The van der Waals surface area contributed by atoms with Crippen LogP contribution in [0.2, 0.25) is 0 Å². The minimum absolute atomic E-state index is 0.192. The van der Waals surface area contributed by atoms with Gasteiger partial charge in [-0.2, -0.15) is 0 Å². The molecule has 5 rings (SSSR count). The number of hydrogen-bond donors (Lipinski definition) is 1. The highest BCUT2D eigenvalue weighted by molar-refractivity contribution is 6.20. The quantitative estimate of drug-likeness (QED) is 0.717. The highest BCUT2D eigenvalue weighted by Crippen LogP contribution is 2.49. The summed E-state index contributed by atoms with van der Waals surface area (Å²) in [7, 11) is 2.87. The topological polar surface area (TPSA) is 90.0 Å². The van der Waals surface area contributed by atoms with Gasteiger partial charge >= 0.3 is 6.03 Å². The first-order valence-electron chi connectivity index (χ1n) is 11.1. The van der Waals surface area contributed by atoms with Gasteiger partial charge in [0, 0.05) is 37.6 Å². The standard InChI is InChI=1S/C25H26N4O4/c1-15-6-4-7-16(12-15)21(30)26-18-9-10-19-17(13-18)14-25(20-8-5-11-29(19)20)22(31)27(2)24(33)28(3)23(25)32/h4,6-7,9-10,12-13,20H,5,8,11,14H2,1-3H3,(H,26,30)/t20-/m0/s1. The Morgan fingerprint density at radius 1 is 1.03 bits per heavy atom. The van der Waals surface area contributed by atoms with E-state index in [-0.39, 0.29) is 18.4 Å². The van der Waals surface area contributed by atoms with Gasteiger partial charge in [0.2, 0.25) is 11.8 Å². The first kappa shape index (κ1) is 21.2. The fourth-order valence-corrected chi connectivity index (χ4v) is 5.59. The molecule has 2 aromatic carbocycles. The van der Waals surface area contributed by atoms with Crippen molar-refractivity contribution in [1.82, 2.24) is 9.80 Å². The largest absolute Gasteiger partial charge is 0.367 e. The van der Waals surface area contributed by atoms with Crippen LogP contribution in [0.25, 0.3) is 0 Å². The lowest BCUT2D eigenvalue weighted by Gasteiger charge is -2.50. The summed E-state index contributed by atoms with van der Waals surface area (Å²) in [6.45, 7) is 2.66. The Bertz CT molecular complexity index is 1180. The number of hydrogen-bond acceptors (Lipinski definition) is 5. The number of barbiturate groups is 1. The smallest absolute Gasteiger partial charge is 0.332 e. The number of benzene rings is 2. The van der Waals surface area contributed by atoms with E-state index < -0.39 is 23.3 Å². The van der Waals surface area contributed by atoms with Crippen LogP contribution in [-0.4, -0.2) is 60.2 Å². The fourth-order valence-electron chi connectivity index (χ4n) is 5.59. The molecule has 3 heterocycles. The van der Waals surface area contributed by atoms with Crippen molar-refractivity contribution < 1.29 is 19.2 Å². The molecule has 1 N–H and O–H groups in total. The summed E-state index contributed by atoms with van der Waals surface area (Å²) in [4.78, 5) is 56.3. The maximum Gasteiger partial charge on any atom is 0.332 e. The van der Waals surface area contributed by atoms with Gasteiger partial charge in [-0.05, 0) is 62.1 Å². The van der Waals surface area contributed by atoms with Gasteiger partial charge in [0.1, 0.15) is 0 Å². The number of carbonyl (C=O) groups excluding carboxylic acids is 4. The van der Waals surface area contributed by atoms with Crippen LogP contribution in [0, 0.1) is 12.3 Å². The molecule has 0 aliphatic carbocycles. The number of nitrogens with zero attached hydrogens (tertiary/aromatic N) is 3. The molecule has 33 heavy (non-hydrogen) atoms. The van der Waals surface area contributed by atoms with Gasteiger partial charge in [-0.25, -0.2) is 4.79 Å². The van der Waals surface area contributed by atoms with E-state index in [2.05, 4.69) is 10.2 Å². The third-order valence-electron chi connectivity index (χ3n) is 7.16. The molecule has 8 heteroatoms. The van der Waals surface area contributed by atoms with E-state index in [4.69, 9.17) is 0 Å². The zero-order chi connectivity index (χ0) is 23.5. The predicted octanol–water partition coefficient (Wildman–Crippen LogP) is 2.81. The van der Waals surface area contributed by atoms with Crippen molar-refractivity contribution in [1.29, 1.82) is 0 Å². The Morgan fingerprint density at radius 3 is 2.45 bits per heavy atom. The summed E-state index contributed by atoms with van der Waals surface area (Å²) >= 11 is 0. The highest BCUT2D eigenvalue weighted by Gasteiger charge is 2.63. The lowest BCUT2D eigenvalue weighted by molar-refractivity contribution is -0.159. The van der Waals surface area contributed by atoms with Crippen LogP contribution in [-0.2, 0) is 16.0 Å². The van der Waals surface area contributed by atoms with Crippen molar-refractivity contribution >= 4 is 35.1 Å². The van der Waals surface area contributed by atoms with Crippen LogP contribution >= 0.6 is 0 Å². The van der Waals surface area contributed by atoms with Crippen molar-refractivity contribution in [3.8, 4) is 0 Å². The maximum absolute atomic E-state index is 13.5. The molecule has 1 atom stereocenters. The Kier molecular flexibility index (Phi) is 4.77. The zero-order valence-corrected chi connectivity index (χ0v) is 18.9. The molecular formula is C25H26N4O4. The summed E-state index contributed by atoms with van der Waals surface area (Å²) in [5.74, 6) is -1.13. The third-order valence-corrected chi connectivity index (χ3v) is 7.16. The van der Waals surface area contributed by atoms with Crippen LogP contribution in [0.15, 0.2) is 42.5 Å². The highest BCUT2D eigenvalue weighted by atomic mass is 16.2. The number of amides is 5. The molecule has 5 amide bonds. The number of anilines is 2. The van der Waals surface area contributed by atoms with E-state index in [9.17, 15) is 19.2 Å². The first-order valence-corrected chi connectivity index (χ1v) is 11.1. The number of aryl methyl sites for hydroxylation is 1. The van der Waals surface area contributed by atoms with Crippen molar-refractivity contribution in [3.63, 3.8) is 0 Å². The van der Waals surface area contributed by atoms with Gasteiger partial charge in [0.05, 0.1) is 6.04 Å². The van der Waals surface area contributed by atoms with Gasteiger partial charge in [-0.15, -0.1) is 0 Å². The average molecular weight is 447 g/mol. The second-order valence-electron chi connectivity index (χ2n) is 9.18. The number of nitrogens with one attached hydrogen (secondary N) is 1. The molecule has 0 unspecified atom stereocenters. The van der Waals surface area contributed by atoms with Crippen molar-refractivity contribution in [2.75, 3.05) is 30.9 Å². The lowest BCUT2D eigenvalue weighted by Crippen LogP contribution is -2.70. The SMILES string of the molecule is Cc1cccc(C(=O)Nc2ccc3c(c2)CC2(C(=O)N(C)C(=O)N(C)C2=O)[C@@H]2CCCN32)c1. The van der Waals surface area contributed by atoms with Crippen molar-refractivity contribution in [2.45, 2.75) is 32.2 Å². The van der Waals surface area contributed by atoms with Gasteiger partial charge in [0.25, 0.3) is 5.91 Å². The molecule has 3 aliphatic rings.